The van der Waals surface area contributed by atoms with Gasteiger partial charge in [0.15, 0.2) is 0 Å². The summed E-state index contributed by atoms with van der Waals surface area (Å²) in [6, 6.07) is 3.09. The van der Waals surface area contributed by atoms with Gasteiger partial charge in [0.2, 0.25) is 0 Å². The van der Waals surface area contributed by atoms with E-state index in [-0.39, 0.29) is 17.6 Å². The lowest BCUT2D eigenvalue weighted by atomic mass is 10.4. The molecule has 0 atom stereocenters. The molecule has 0 aliphatic rings. The largest absolute Gasteiger partial charge is 0.462 e. The fraction of sp³-hybridized carbons (Fsp3) is 0.222. The average Bonchev–Trinajstić information content (AvgIpc) is 2.60. The molecule has 1 rings (SSSR count). The van der Waals surface area contributed by atoms with E-state index in [0.717, 1.165) is 16.2 Å². The van der Waals surface area contributed by atoms with Gasteiger partial charge < -0.3 is 4.74 Å². The zero-order valence-corrected chi connectivity index (χ0v) is 8.82. The lowest BCUT2D eigenvalue weighted by Crippen LogP contribution is -1.96. The van der Waals surface area contributed by atoms with Gasteiger partial charge in [-0.1, -0.05) is 11.3 Å². The Labute approximate surface area is 90.1 Å². The molecule has 1 aromatic heterocycles. The van der Waals surface area contributed by atoms with E-state index in [1.807, 2.05) is 0 Å². The molecule has 1 aromatic rings. The Morgan fingerprint density at radius 1 is 1.67 bits per heavy atom. The molecule has 0 aliphatic heterocycles. The van der Waals surface area contributed by atoms with E-state index in [9.17, 15) is 14.9 Å². The Kier molecular flexibility index (Phi) is 3.99. The Hall–Kier alpha value is -1.69. The van der Waals surface area contributed by atoms with Crippen LogP contribution in [0.1, 0.15) is 11.8 Å². The summed E-state index contributed by atoms with van der Waals surface area (Å²) in [6.45, 7) is 1.50. The van der Waals surface area contributed by atoms with Crippen LogP contribution in [-0.4, -0.2) is 17.5 Å². The van der Waals surface area contributed by atoms with E-state index in [1.165, 1.54) is 13.0 Å². The fourth-order valence-electron chi connectivity index (χ4n) is 0.860. The third kappa shape index (κ3) is 3.90. The predicted octanol–water partition coefficient (Wildman–Crippen LogP) is 2.23. The number of ether oxygens (including phenoxy) is 1. The van der Waals surface area contributed by atoms with Gasteiger partial charge in [-0.3, -0.25) is 14.9 Å². The summed E-state index contributed by atoms with van der Waals surface area (Å²) >= 11 is 1.07. The van der Waals surface area contributed by atoms with Gasteiger partial charge >= 0.3 is 11.0 Å². The monoisotopic (exact) mass is 227 g/mol. The van der Waals surface area contributed by atoms with Crippen LogP contribution in [0.5, 0.6) is 0 Å². The van der Waals surface area contributed by atoms with Gasteiger partial charge in [0.25, 0.3) is 0 Å². The highest BCUT2D eigenvalue weighted by Gasteiger charge is 2.07. The number of thiophene rings is 1. The molecule has 6 heteroatoms. The van der Waals surface area contributed by atoms with Crippen LogP contribution in [0.4, 0.5) is 5.00 Å². The van der Waals surface area contributed by atoms with Crippen LogP contribution in [0.2, 0.25) is 0 Å². The first-order valence-corrected chi connectivity index (χ1v) is 4.95. The van der Waals surface area contributed by atoms with Crippen molar-refractivity contribution in [3.63, 3.8) is 0 Å². The molecule has 0 saturated heterocycles. The van der Waals surface area contributed by atoms with Crippen molar-refractivity contribution in [2.24, 2.45) is 0 Å². The second kappa shape index (κ2) is 5.26. The van der Waals surface area contributed by atoms with Crippen molar-refractivity contribution in [1.29, 1.82) is 0 Å². The maximum atomic E-state index is 10.4. The van der Waals surface area contributed by atoms with Gasteiger partial charge in [-0.2, -0.15) is 0 Å². The topological polar surface area (TPSA) is 69.4 Å². The third-order valence-electron chi connectivity index (χ3n) is 1.46. The summed E-state index contributed by atoms with van der Waals surface area (Å²) < 4.78 is 4.66. The van der Waals surface area contributed by atoms with E-state index in [1.54, 1.807) is 18.2 Å². The number of esters is 1. The third-order valence-corrected chi connectivity index (χ3v) is 2.46. The summed E-state index contributed by atoms with van der Waals surface area (Å²) in [6.07, 6.45) is 3.32. The normalized spacial score (nSPS) is 10.5. The Morgan fingerprint density at radius 3 is 2.93 bits per heavy atom. The van der Waals surface area contributed by atoms with E-state index in [2.05, 4.69) is 4.74 Å². The van der Waals surface area contributed by atoms with Gasteiger partial charge in [0, 0.05) is 17.9 Å². The number of hydrogen-bond acceptors (Lipinski definition) is 5. The van der Waals surface area contributed by atoms with Crippen LogP contribution in [0, 0.1) is 10.1 Å². The minimum absolute atomic E-state index is 0.0992. The average molecular weight is 227 g/mol. The van der Waals surface area contributed by atoms with Gasteiger partial charge in [-0.05, 0) is 18.2 Å². The molecule has 0 unspecified atom stereocenters. The van der Waals surface area contributed by atoms with E-state index in [0.29, 0.717) is 0 Å². The summed E-state index contributed by atoms with van der Waals surface area (Å²) in [7, 11) is 0. The fourth-order valence-corrected chi connectivity index (χ4v) is 1.61. The zero-order chi connectivity index (χ0) is 11.3. The first-order valence-electron chi connectivity index (χ1n) is 4.13. The zero-order valence-electron chi connectivity index (χ0n) is 8.00. The number of carbonyl (C=O) groups excluding carboxylic acids is 1. The number of hydrogen-bond donors (Lipinski definition) is 0. The van der Waals surface area contributed by atoms with Crippen molar-refractivity contribution in [3.8, 4) is 0 Å². The van der Waals surface area contributed by atoms with Crippen molar-refractivity contribution in [3.05, 3.63) is 33.2 Å². The van der Waals surface area contributed by atoms with Crippen molar-refractivity contribution in [1.82, 2.24) is 0 Å². The standard InChI is InChI=1S/C9H9NO4S/c1-7(11)14-6-2-3-8-4-5-9(15-8)10(12)13/h2-5H,6H2,1H3/b3-2+. The number of rotatable bonds is 4. The number of nitrogens with zero attached hydrogens (tertiary/aromatic N) is 1. The summed E-state index contributed by atoms with van der Waals surface area (Å²) in [5, 5.41) is 10.5. The highest BCUT2D eigenvalue weighted by molar-refractivity contribution is 7.16. The molecule has 0 saturated carbocycles. The summed E-state index contributed by atoms with van der Waals surface area (Å²) in [5.41, 5.74) is 0. The lowest BCUT2D eigenvalue weighted by Gasteiger charge is -1.93. The molecule has 0 spiro atoms. The van der Waals surface area contributed by atoms with Gasteiger partial charge in [0.1, 0.15) is 6.61 Å². The molecular weight excluding hydrogens is 218 g/mol. The van der Waals surface area contributed by atoms with Gasteiger partial charge in [-0.25, -0.2) is 0 Å². The predicted molar refractivity (Wildman–Crippen MR) is 56.6 cm³/mol. The van der Waals surface area contributed by atoms with E-state index >= 15 is 0 Å². The quantitative estimate of drug-likeness (QED) is 0.449. The smallest absolute Gasteiger partial charge is 0.324 e. The minimum atomic E-state index is -0.436. The van der Waals surface area contributed by atoms with Crippen LogP contribution >= 0.6 is 11.3 Å². The Morgan fingerprint density at radius 2 is 2.40 bits per heavy atom. The molecule has 0 aromatic carbocycles. The summed E-state index contributed by atoms with van der Waals surface area (Å²) in [4.78, 5) is 21.1. The van der Waals surface area contributed by atoms with Crippen LogP contribution in [-0.2, 0) is 9.53 Å². The Balaban J connectivity index is 2.50. The molecule has 80 valence electrons. The molecule has 0 N–H and O–H groups in total. The van der Waals surface area contributed by atoms with Crippen LogP contribution in [0.3, 0.4) is 0 Å². The lowest BCUT2D eigenvalue weighted by molar-refractivity contribution is -0.380. The van der Waals surface area contributed by atoms with Crippen LogP contribution in [0.15, 0.2) is 18.2 Å². The SMILES string of the molecule is CC(=O)OC/C=C/c1ccc([N+](=O)[O-])s1. The summed E-state index contributed by atoms with van der Waals surface area (Å²) in [5.74, 6) is -0.350. The molecule has 0 fully saturated rings. The van der Waals surface area contributed by atoms with Gasteiger partial charge in [-0.15, -0.1) is 0 Å². The molecule has 0 bridgehead atoms. The minimum Gasteiger partial charge on any atom is -0.462 e. The van der Waals surface area contributed by atoms with Gasteiger partial charge in [0.05, 0.1) is 4.92 Å². The molecule has 0 radical (unpaired) electrons. The van der Waals surface area contributed by atoms with E-state index in [4.69, 9.17) is 0 Å². The number of nitro groups is 1. The highest BCUT2D eigenvalue weighted by Crippen LogP contribution is 2.24. The second-order valence-corrected chi connectivity index (χ2v) is 3.73. The van der Waals surface area contributed by atoms with Crippen LogP contribution in [0.25, 0.3) is 6.08 Å². The molecule has 15 heavy (non-hydrogen) atoms. The maximum absolute atomic E-state index is 10.4. The van der Waals surface area contributed by atoms with Crippen LogP contribution < -0.4 is 0 Å². The van der Waals surface area contributed by atoms with E-state index < -0.39 is 4.92 Å². The first kappa shape index (κ1) is 11.4. The van der Waals surface area contributed by atoms with Crippen molar-refractivity contribution in [2.45, 2.75) is 6.92 Å². The maximum Gasteiger partial charge on any atom is 0.324 e. The van der Waals surface area contributed by atoms with Crippen molar-refractivity contribution >= 4 is 28.4 Å². The molecule has 0 amide bonds. The van der Waals surface area contributed by atoms with Crippen molar-refractivity contribution in [2.75, 3.05) is 6.61 Å². The Bertz CT molecular complexity index is 397. The molecular formula is C9H9NO4S. The molecule has 1 heterocycles. The molecule has 5 nitrogen and oxygen atoms in total. The molecule has 0 aliphatic carbocycles. The number of carbonyl (C=O) groups is 1. The highest BCUT2D eigenvalue weighted by atomic mass is 32.1. The van der Waals surface area contributed by atoms with Crippen molar-refractivity contribution < 1.29 is 14.5 Å². The first-order chi connectivity index (χ1) is 7.09. The second-order valence-electron chi connectivity index (χ2n) is 2.64.